The van der Waals surface area contributed by atoms with Crippen LogP contribution in [0.2, 0.25) is 0 Å². The molecule has 5 nitrogen and oxygen atoms in total. The van der Waals surface area contributed by atoms with E-state index in [1.165, 1.54) is 4.31 Å². The Morgan fingerprint density at radius 1 is 1.30 bits per heavy atom. The summed E-state index contributed by atoms with van der Waals surface area (Å²) in [6, 6.07) is 7.79. The topological polar surface area (TPSA) is 66.5 Å². The fourth-order valence-corrected chi connectivity index (χ4v) is 4.14. The first-order chi connectivity index (χ1) is 10.8. The third kappa shape index (κ3) is 4.78. The fourth-order valence-electron chi connectivity index (χ4n) is 2.74. The number of piperidine rings is 1. The van der Waals surface area contributed by atoms with Crippen molar-refractivity contribution in [1.82, 2.24) is 9.62 Å². The molecule has 128 valence electrons. The first-order valence-electron chi connectivity index (χ1n) is 7.87. The summed E-state index contributed by atoms with van der Waals surface area (Å²) < 4.78 is 26.2. The molecule has 1 fully saturated rings. The number of halogens is 1. The van der Waals surface area contributed by atoms with Crippen LogP contribution in [-0.4, -0.2) is 37.5 Å². The van der Waals surface area contributed by atoms with Crippen molar-refractivity contribution in [3.05, 3.63) is 34.3 Å². The quantitative estimate of drug-likeness (QED) is 0.822. The summed E-state index contributed by atoms with van der Waals surface area (Å²) >= 11 is 3.39. The molecule has 0 aliphatic carbocycles. The molecule has 1 aromatic rings. The van der Waals surface area contributed by atoms with Crippen LogP contribution in [0.5, 0.6) is 0 Å². The van der Waals surface area contributed by atoms with Gasteiger partial charge in [-0.1, -0.05) is 28.1 Å². The molecule has 1 aliphatic rings. The number of benzene rings is 1. The highest BCUT2D eigenvalue weighted by Crippen LogP contribution is 2.22. The van der Waals surface area contributed by atoms with Gasteiger partial charge in [-0.3, -0.25) is 4.79 Å². The van der Waals surface area contributed by atoms with Crippen LogP contribution in [0.4, 0.5) is 0 Å². The normalized spacial score (nSPS) is 18.6. The van der Waals surface area contributed by atoms with Gasteiger partial charge in [0.15, 0.2) is 0 Å². The van der Waals surface area contributed by atoms with Gasteiger partial charge in [0.2, 0.25) is 15.9 Å². The van der Waals surface area contributed by atoms with Gasteiger partial charge in [0.25, 0.3) is 0 Å². The lowest BCUT2D eigenvalue weighted by atomic mass is 9.96. The van der Waals surface area contributed by atoms with Crippen LogP contribution in [0.25, 0.3) is 0 Å². The highest BCUT2D eigenvalue weighted by Gasteiger charge is 2.30. The van der Waals surface area contributed by atoms with E-state index in [2.05, 4.69) is 21.2 Å². The number of hydrogen-bond acceptors (Lipinski definition) is 3. The molecule has 1 unspecified atom stereocenters. The van der Waals surface area contributed by atoms with Gasteiger partial charge < -0.3 is 5.32 Å². The van der Waals surface area contributed by atoms with Crippen molar-refractivity contribution in [3.63, 3.8) is 0 Å². The Kier molecular flexibility index (Phi) is 6.22. The number of carbonyl (C=O) groups is 1. The second kappa shape index (κ2) is 7.77. The Labute approximate surface area is 146 Å². The smallest absolute Gasteiger partial charge is 0.223 e. The number of sulfonamides is 1. The molecule has 0 saturated carbocycles. The van der Waals surface area contributed by atoms with Crippen LogP contribution in [0.1, 0.15) is 38.3 Å². The summed E-state index contributed by atoms with van der Waals surface area (Å²) in [5, 5.41) is 3.03. The fraction of sp³-hybridized carbons (Fsp3) is 0.562. The van der Waals surface area contributed by atoms with Crippen LogP contribution in [0, 0.1) is 5.92 Å². The lowest BCUT2D eigenvalue weighted by Gasteiger charge is -2.31. The average Bonchev–Trinajstić information content (AvgIpc) is 2.55. The molecule has 0 spiro atoms. The molecular formula is C16H23BrN2O3S. The highest BCUT2D eigenvalue weighted by atomic mass is 79.9. The van der Waals surface area contributed by atoms with Gasteiger partial charge in [-0.25, -0.2) is 12.7 Å². The number of carbonyl (C=O) groups excluding carboxylic acids is 1. The number of amides is 1. The summed E-state index contributed by atoms with van der Waals surface area (Å²) in [6.07, 6.45) is 1.16. The Morgan fingerprint density at radius 2 is 1.87 bits per heavy atom. The minimum atomic E-state index is -3.14. The van der Waals surface area contributed by atoms with Crippen molar-refractivity contribution in [3.8, 4) is 0 Å². The summed E-state index contributed by atoms with van der Waals surface area (Å²) in [6.45, 7) is 4.47. The third-order valence-corrected chi connectivity index (χ3v) is 6.72. The molecular weight excluding hydrogens is 380 g/mol. The minimum absolute atomic E-state index is 0.00830. The van der Waals surface area contributed by atoms with Gasteiger partial charge in [-0.05, 0) is 44.4 Å². The van der Waals surface area contributed by atoms with Gasteiger partial charge in [-0.15, -0.1) is 0 Å². The molecule has 0 bridgehead atoms. The van der Waals surface area contributed by atoms with E-state index in [0.29, 0.717) is 25.9 Å². The third-order valence-electron chi connectivity index (χ3n) is 4.31. The van der Waals surface area contributed by atoms with E-state index in [4.69, 9.17) is 0 Å². The van der Waals surface area contributed by atoms with E-state index in [0.717, 1.165) is 10.0 Å². The van der Waals surface area contributed by atoms with Crippen molar-refractivity contribution in [2.45, 2.75) is 32.7 Å². The van der Waals surface area contributed by atoms with Crippen molar-refractivity contribution in [2.75, 3.05) is 18.8 Å². The van der Waals surface area contributed by atoms with E-state index < -0.39 is 10.0 Å². The van der Waals surface area contributed by atoms with E-state index in [1.54, 1.807) is 6.92 Å². The molecule has 1 N–H and O–H groups in total. The molecule has 2 rings (SSSR count). The minimum Gasteiger partial charge on any atom is -0.349 e. The van der Waals surface area contributed by atoms with Crippen molar-refractivity contribution >= 4 is 31.9 Å². The summed E-state index contributed by atoms with van der Waals surface area (Å²) in [7, 11) is -3.14. The summed E-state index contributed by atoms with van der Waals surface area (Å²) in [4.78, 5) is 12.4. The zero-order valence-corrected chi connectivity index (χ0v) is 15.9. The first kappa shape index (κ1) is 18.4. The highest BCUT2D eigenvalue weighted by molar-refractivity contribution is 9.10. The number of hydrogen-bond donors (Lipinski definition) is 1. The SMILES string of the molecule is CCS(=O)(=O)N1CCC(C(=O)NC(C)c2ccc(Br)cc2)CC1. The Balaban J connectivity index is 1.89. The van der Waals surface area contributed by atoms with Crippen molar-refractivity contribution < 1.29 is 13.2 Å². The maximum Gasteiger partial charge on any atom is 0.223 e. The second-order valence-corrected chi connectivity index (χ2v) is 9.03. The van der Waals surface area contributed by atoms with Crippen molar-refractivity contribution in [1.29, 1.82) is 0 Å². The Morgan fingerprint density at radius 3 is 2.39 bits per heavy atom. The zero-order chi connectivity index (χ0) is 17.0. The summed E-state index contributed by atoms with van der Waals surface area (Å²) in [5.41, 5.74) is 1.05. The van der Waals surface area contributed by atoms with Crippen LogP contribution in [-0.2, 0) is 14.8 Å². The Bertz CT molecular complexity index is 638. The average molecular weight is 403 g/mol. The molecule has 1 aromatic carbocycles. The molecule has 1 atom stereocenters. The van der Waals surface area contributed by atoms with Gasteiger partial charge in [0, 0.05) is 23.5 Å². The monoisotopic (exact) mass is 402 g/mol. The van der Waals surface area contributed by atoms with E-state index in [9.17, 15) is 13.2 Å². The number of nitrogens with one attached hydrogen (secondary N) is 1. The summed E-state index contributed by atoms with van der Waals surface area (Å²) in [5.74, 6) is 0.00922. The van der Waals surface area contributed by atoms with Crippen LogP contribution in [0.15, 0.2) is 28.7 Å². The lowest BCUT2D eigenvalue weighted by molar-refractivity contribution is -0.126. The molecule has 0 aromatic heterocycles. The first-order valence-corrected chi connectivity index (χ1v) is 10.3. The predicted octanol–water partition coefficient (Wildman–Crippen LogP) is 2.69. The number of rotatable bonds is 5. The molecule has 7 heteroatoms. The standard InChI is InChI=1S/C16H23BrN2O3S/c1-3-23(21,22)19-10-8-14(9-11-19)16(20)18-12(2)13-4-6-15(17)7-5-13/h4-7,12,14H,3,8-11H2,1-2H3,(H,18,20). The molecule has 1 amide bonds. The molecule has 23 heavy (non-hydrogen) atoms. The predicted molar refractivity (Wildman–Crippen MR) is 94.5 cm³/mol. The van der Waals surface area contributed by atoms with E-state index >= 15 is 0 Å². The molecule has 0 radical (unpaired) electrons. The van der Waals surface area contributed by atoms with Gasteiger partial charge in [0.1, 0.15) is 0 Å². The van der Waals surface area contributed by atoms with E-state index in [-0.39, 0.29) is 23.6 Å². The number of nitrogens with zero attached hydrogens (tertiary/aromatic N) is 1. The van der Waals surface area contributed by atoms with Gasteiger partial charge in [0.05, 0.1) is 11.8 Å². The van der Waals surface area contributed by atoms with Crippen LogP contribution < -0.4 is 5.32 Å². The maximum absolute atomic E-state index is 12.4. The maximum atomic E-state index is 12.4. The lowest BCUT2D eigenvalue weighted by Crippen LogP contribution is -2.43. The van der Waals surface area contributed by atoms with Gasteiger partial charge in [-0.2, -0.15) is 0 Å². The zero-order valence-electron chi connectivity index (χ0n) is 13.5. The van der Waals surface area contributed by atoms with Crippen molar-refractivity contribution in [2.24, 2.45) is 5.92 Å². The largest absolute Gasteiger partial charge is 0.349 e. The van der Waals surface area contributed by atoms with E-state index in [1.807, 2.05) is 31.2 Å². The Hall–Kier alpha value is -0.920. The second-order valence-electron chi connectivity index (χ2n) is 5.86. The molecule has 1 heterocycles. The molecule has 1 saturated heterocycles. The van der Waals surface area contributed by atoms with Gasteiger partial charge >= 0.3 is 0 Å². The molecule has 1 aliphatic heterocycles. The van der Waals surface area contributed by atoms with Crippen LogP contribution in [0.3, 0.4) is 0 Å². The van der Waals surface area contributed by atoms with Crippen LogP contribution >= 0.6 is 15.9 Å².